The van der Waals surface area contributed by atoms with Gasteiger partial charge in [-0.15, -0.1) is 0 Å². The second-order valence-electron chi connectivity index (χ2n) is 5.16. The van der Waals surface area contributed by atoms with Crippen molar-refractivity contribution in [1.29, 1.82) is 0 Å². The van der Waals surface area contributed by atoms with Gasteiger partial charge in [0.1, 0.15) is 5.75 Å². The third-order valence-corrected chi connectivity index (χ3v) is 3.89. The molecule has 1 N–H and O–H groups in total. The number of ether oxygens (including phenoxy) is 1. The first-order chi connectivity index (χ1) is 10.0. The summed E-state index contributed by atoms with van der Waals surface area (Å²) in [4.78, 5) is 12.2. The van der Waals surface area contributed by atoms with Crippen LogP contribution in [-0.2, 0) is 13.5 Å². The van der Waals surface area contributed by atoms with Crippen LogP contribution in [0.15, 0.2) is 30.3 Å². The highest BCUT2D eigenvalue weighted by molar-refractivity contribution is 5.95. The van der Waals surface area contributed by atoms with Gasteiger partial charge in [-0.05, 0) is 38.0 Å². The molecule has 112 valence electrons. The molecule has 1 heterocycles. The van der Waals surface area contributed by atoms with E-state index in [1.165, 1.54) is 0 Å². The number of rotatable bonds is 5. The van der Waals surface area contributed by atoms with Crippen LogP contribution in [0.3, 0.4) is 0 Å². The van der Waals surface area contributed by atoms with Gasteiger partial charge in [-0.1, -0.05) is 18.2 Å². The van der Waals surface area contributed by atoms with E-state index in [1.54, 1.807) is 7.11 Å². The normalized spacial score (nSPS) is 10.5. The van der Waals surface area contributed by atoms with Gasteiger partial charge in [0.15, 0.2) is 0 Å². The van der Waals surface area contributed by atoms with Crippen molar-refractivity contribution in [2.24, 2.45) is 7.05 Å². The zero-order valence-corrected chi connectivity index (χ0v) is 13.1. The Morgan fingerprint density at radius 1 is 1.29 bits per heavy atom. The molecule has 0 saturated carbocycles. The lowest BCUT2D eigenvalue weighted by Gasteiger charge is -2.09. The number of amides is 1. The maximum Gasteiger partial charge on any atom is 0.253 e. The van der Waals surface area contributed by atoms with Crippen LogP contribution < -0.4 is 10.1 Å². The summed E-state index contributed by atoms with van der Waals surface area (Å²) in [5, 5.41) is 2.97. The van der Waals surface area contributed by atoms with Crippen molar-refractivity contribution in [3.63, 3.8) is 0 Å². The number of carbonyl (C=O) groups is 1. The summed E-state index contributed by atoms with van der Waals surface area (Å²) in [5.41, 5.74) is 3.92. The first-order valence-corrected chi connectivity index (χ1v) is 7.07. The van der Waals surface area contributed by atoms with Crippen LogP contribution >= 0.6 is 0 Å². The van der Waals surface area contributed by atoms with Gasteiger partial charge in [-0.25, -0.2) is 0 Å². The topological polar surface area (TPSA) is 43.3 Å². The Morgan fingerprint density at radius 3 is 2.62 bits per heavy atom. The van der Waals surface area contributed by atoms with Gasteiger partial charge in [0.25, 0.3) is 5.91 Å². The zero-order valence-electron chi connectivity index (χ0n) is 13.1. The Kier molecular flexibility index (Phi) is 4.68. The summed E-state index contributed by atoms with van der Waals surface area (Å²) in [6.45, 7) is 4.55. The van der Waals surface area contributed by atoms with Crippen molar-refractivity contribution in [3.05, 3.63) is 52.8 Å². The van der Waals surface area contributed by atoms with E-state index in [1.807, 2.05) is 55.8 Å². The molecule has 1 aromatic carbocycles. The molecule has 2 rings (SSSR count). The molecule has 0 fully saturated rings. The Hall–Kier alpha value is -2.23. The van der Waals surface area contributed by atoms with Gasteiger partial charge in [-0.2, -0.15) is 0 Å². The van der Waals surface area contributed by atoms with Gasteiger partial charge in [0.05, 0.1) is 12.7 Å². The second-order valence-corrected chi connectivity index (χ2v) is 5.16. The number of para-hydroxylation sites is 1. The third kappa shape index (κ3) is 3.27. The van der Waals surface area contributed by atoms with Crippen LogP contribution in [-0.4, -0.2) is 24.1 Å². The molecule has 0 atom stereocenters. The molecular weight excluding hydrogens is 264 g/mol. The number of hydrogen-bond donors (Lipinski definition) is 1. The predicted octanol–water partition coefficient (Wildman–Crippen LogP) is 2.62. The molecule has 0 radical (unpaired) electrons. The van der Waals surface area contributed by atoms with E-state index in [0.29, 0.717) is 6.54 Å². The molecule has 0 bridgehead atoms. The van der Waals surface area contributed by atoms with E-state index >= 15 is 0 Å². The van der Waals surface area contributed by atoms with Crippen LogP contribution in [0.25, 0.3) is 0 Å². The molecule has 0 aliphatic rings. The molecule has 21 heavy (non-hydrogen) atoms. The Bertz CT molecular complexity index is 644. The maximum atomic E-state index is 12.2. The van der Waals surface area contributed by atoms with Crippen molar-refractivity contribution in [1.82, 2.24) is 9.88 Å². The minimum absolute atomic E-state index is 0.0221. The highest BCUT2D eigenvalue weighted by Gasteiger charge is 2.13. The molecule has 2 aromatic rings. The second kappa shape index (κ2) is 6.48. The van der Waals surface area contributed by atoms with Crippen LogP contribution in [0, 0.1) is 13.8 Å². The molecule has 0 spiro atoms. The number of nitrogens with zero attached hydrogens (tertiary/aromatic N) is 1. The molecular formula is C17H22N2O2. The van der Waals surface area contributed by atoms with Crippen LogP contribution in [0.4, 0.5) is 0 Å². The molecule has 0 aliphatic heterocycles. The van der Waals surface area contributed by atoms with Crippen molar-refractivity contribution >= 4 is 5.91 Å². The molecule has 4 heteroatoms. The highest BCUT2D eigenvalue weighted by atomic mass is 16.5. The zero-order chi connectivity index (χ0) is 15.4. The lowest BCUT2D eigenvalue weighted by Crippen LogP contribution is -2.26. The number of benzene rings is 1. The minimum Gasteiger partial charge on any atom is -0.496 e. The summed E-state index contributed by atoms with van der Waals surface area (Å²) >= 11 is 0. The number of aromatic nitrogens is 1. The predicted molar refractivity (Wildman–Crippen MR) is 83.9 cm³/mol. The average molecular weight is 286 g/mol. The standard InChI is InChI=1S/C17H22N2O2/c1-12-11-15(13(2)19(12)3)17(20)18-10-9-14-7-5-6-8-16(14)21-4/h5-8,11H,9-10H2,1-4H3,(H,18,20). The van der Waals surface area contributed by atoms with E-state index in [-0.39, 0.29) is 5.91 Å². The van der Waals surface area contributed by atoms with Crippen molar-refractivity contribution in [2.75, 3.05) is 13.7 Å². The van der Waals surface area contributed by atoms with Crippen molar-refractivity contribution in [2.45, 2.75) is 20.3 Å². The Labute approximate surface area is 125 Å². The maximum absolute atomic E-state index is 12.2. The minimum atomic E-state index is -0.0221. The number of hydrogen-bond acceptors (Lipinski definition) is 2. The van der Waals surface area contributed by atoms with E-state index in [0.717, 1.165) is 34.7 Å². The fourth-order valence-electron chi connectivity index (χ4n) is 2.40. The van der Waals surface area contributed by atoms with Crippen LogP contribution in [0.2, 0.25) is 0 Å². The fourth-order valence-corrected chi connectivity index (χ4v) is 2.40. The van der Waals surface area contributed by atoms with Crippen molar-refractivity contribution < 1.29 is 9.53 Å². The summed E-state index contributed by atoms with van der Waals surface area (Å²) in [6.07, 6.45) is 0.751. The van der Waals surface area contributed by atoms with Gasteiger partial charge in [-0.3, -0.25) is 4.79 Å². The van der Waals surface area contributed by atoms with Crippen LogP contribution in [0.5, 0.6) is 5.75 Å². The van der Waals surface area contributed by atoms with Gasteiger partial charge in [0.2, 0.25) is 0 Å². The summed E-state index contributed by atoms with van der Waals surface area (Å²) in [6, 6.07) is 9.79. The first-order valence-electron chi connectivity index (χ1n) is 7.07. The number of carbonyl (C=O) groups excluding carboxylic acids is 1. The molecule has 0 aliphatic carbocycles. The first kappa shape index (κ1) is 15.2. The van der Waals surface area contributed by atoms with E-state index < -0.39 is 0 Å². The summed E-state index contributed by atoms with van der Waals surface area (Å²) in [7, 11) is 3.63. The van der Waals surface area contributed by atoms with E-state index in [9.17, 15) is 4.79 Å². The molecule has 4 nitrogen and oxygen atoms in total. The lowest BCUT2D eigenvalue weighted by atomic mass is 10.1. The molecule has 1 aromatic heterocycles. The van der Waals surface area contributed by atoms with Crippen molar-refractivity contribution in [3.8, 4) is 5.75 Å². The monoisotopic (exact) mass is 286 g/mol. The Morgan fingerprint density at radius 2 is 2.00 bits per heavy atom. The summed E-state index contributed by atoms with van der Waals surface area (Å²) < 4.78 is 7.33. The van der Waals surface area contributed by atoms with Crippen LogP contribution in [0.1, 0.15) is 27.3 Å². The molecule has 0 unspecified atom stereocenters. The quantitative estimate of drug-likeness (QED) is 0.918. The van der Waals surface area contributed by atoms with Gasteiger partial charge >= 0.3 is 0 Å². The Balaban J connectivity index is 1.97. The highest BCUT2D eigenvalue weighted by Crippen LogP contribution is 2.17. The average Bonchev–Trinajstić information content (AvgIpc) is 2.75. The van der Waals surface area contributed by atoms with E-state index in [2.05, 4.69) is 5.32 Å². The van der Waals surface area contributed by atoms with Gasteiger partial charge in [0, 0.05) is 25.0 Å². The fraction of sp³-hybridized carbons (Fsp3) is 0.353. The lowest BCUT2D eigenvalue weighted by molar-refractivity contribution is 0.0953. The molecule has 0 saturated heterocycles. The number of aryl methyl sites for hydroxylation is 1. The van der Waals surface area contributed by atoms with Gasteiger partial charge < -0.3 is 14.6 Å². The number of methoxy groups -OCH3 is 1. The largest absolute Gasteiger partial charge is 0.496 e. The third-order valence-electron chi connectivity index (χ3n) is 3.89. The molecule has 1 amide bonds. The number of nitrogens with one attached hydrogen (secondary N) is 1. The summed E-state index contributed by atoms with van der Waals surface area (Å²) in [5.74, 6) is 0.838. The SMILES string of the molecule is COc1ccccc1CCNC(=O)c1cc(C)n(C)c1C. The smallest absolute Gasteiger partial charge is 0.253 e. The van der Waals surface area contributed by atoms with E-state index in [4.69, 9.17) is 4.74 Å².